The molecule has 21 heavy (non-hydrogen) atoms. The fourth-order valence-electron chi connectivity index (χ4n) is 2.00. The van der Waals surface area contributed by atoms with Crippen molar-refractivity contribution in [2.24, 2.45) is 0 Å². The van der Waals surface area contributed by atoms with Crippen LogP contribution in [0.5, 0.6) is 5.75 Å². The summed E-state index contributed by atoms with van der Waals surface area (Å²) in [5.41, 5.74) is 1.49. The summed E-state index contributed by atoms with van der Waals surface area (Å²) in [6.45, 7) is 4.80. The molecule has 0 fully saturated rings. The molecule has 0 aliphatic rings. The Labute approximate surface area is 132 Å². The monoisotopic (exact) mass is 350 g/mol. The number of hydrogen-bond acceptors (Lipinski definition) is 3. The number of rotatable bonds is 6. The van der Waals surface area contributed by atoms with E-state index in [4.69, 9.17) is 4.74 Å². The van der Waals surface area contributed by atoms with Gasteiger partial charge in [-0.1, -0.05) is 32.4 Å². The largest absolute Gasteiger partial charge is 0.494 e. The number of benzene rings is 1. The van der Waals surface area contributed by atoms with E-state index in [-0.39, 0.29) is 5.56 Å². The first kappa shape index (κ1) is 15.8. The molecule has 0 spiro atoms. The highest BCUT2D eigenvalue weighted by Gasteiger charge is 2.10. The van der Waals surface area contributed by atoms with Crippen LogP contribution in [-0.2, 0) is 6.42 Å². The second-order valence-corrected chi connectivity index (χ2v) is 5.59. The smallest absolute Gasteiger partial charge is 0.265 e. The maximum atomic E-state index is 12.0. The molecule has 1 N–H and O–H groups in total. The minimum absolute atomic E-state index is 0.150. The van der Waals surface area contributed by atoms with Gasteiger partial charge in [0.25, 0.3) is 5.56 Å². The van der Waals surface area contributed by atoms with Gasteiger partial charge in [0, 0.05) is 5.56 Å². The molecule has 0 unspecified atom stereocenters. The van der Waals surface area contributed by atoms with E-state index in [1.165, 1.54) is 0 Å². The third-order valence-electron chi connectivity index (χ3n) is 3.00. The van der Waals surface area contributed by atoms with Gasteiger partial charge in [-0.05, 0) is 40.9 Å². The molecule has 1 aromatic heterocycles. The first-order chi connectivity index (χ1) is 10.2. The van der Waals surface area contributed by atoms with Gasteiger partial charge in [0.1, 0.15) is 16.0 Å². The molecule has 0 aliphatic carbocycles. The van der Waals surface area contributed by atoms with E-state index in [0.29, 0.717) is 16.9 Å². The number of hydrogen-bond donors (Lipinski definition) is 1. The van der Waals surface area contributed by atoms with Crippen LogP contribution < -0.4 is 10.3 Å². The van der Waals surface area contributed by atoms with E-state index < -0.39 is 0 Å². The molecular formula is C16H19BrN2O2. The van der Waals surface area contributed by atoms with Gasteiger partial charge in [0.2, 0.25) is 0 Å². The molecule has 2 aromatic rings. The van der Waals surface area contributed by atoms with E-state index in [9.17, 15) is 4.79 Å². The average Bonchev–Trinajstić information content (AvgIpc) is 2.50. The van der Waals surface area contributed by atoms with E-state index in [1.54, 1.807) is 0 Å². The van der Waals surface area contributed by atoms with Crippen LogP contribution in [-0.4, -0.2) is 16.6 Å². The van der Waals surface area contributed by atoms with E-state index in [2.05, 4.69) is 39.7 Å². The van der Waals surface area contributed by atoms with Crippen molar-refractivity contribution in [1.82, 2.24) is 9.97 Å². The number of halogens is 1. The highest BCUT2D eigenvalue weighted by Crippen LogP contribution is 2.22. The zero-order valence-corrected chi connectivity index (χ0v) is 13.9. The third-order valence-corrected chi connectivity index (χ3v) is 3.82. The van der Waals surface area contributed by atoms with Crippen molar-refractivity contribution in [2.75, 3.05) is 6.61 Å². The van der Waals surface area contributed by atoms with E-state index in [1.807, 2.05) is 24.3 Å². The third kappa shape index (κ3) is 3.94. The quantitative estimate of drug-likeness (QED) is 0.858. The van der Waals surface area contributed by atoms with Gasteiger partial charge in [-0.3, -0.25) is 4.79 Å². The number of ether oxygens (including phenoxy) is 1. The van der Waals surface area contributed by atoms with Crippen molar-refractivity contribution in [2.45, 2.75) is 33.1 Å². The molecule has 112 valence electrons. The molecule has 4 nitrogen and oxygen atoms in total. The van der Waals surface area contributed by atoms with Gasteiger partial charge in [-0.15, -0.1) is 0 Å². The number of aryl methyl sites for hydroxylation is 1. The molecule has 0 radical (unpaired) electrons. The SMILES string of the molecule is CCCOc1cccc(-c2nc(CCC)c(Br)c(=O)[nH]2)c1. The first-order valence-electron chi connectivity index (χ1n) is 7.17. The summed E-state index contributed by atoms with van der Waals surface area (Å²) in [6, 6.07) is 7.63. The first-order valence-corrected chi connectivity index (χ1v) is 7.97. The lowest BCUT2D eigenvalue weighted by atomic mass is 10.2. The molecule has 0 aliphatic heterocycles. The zero-order valence-electron chi connectivity index (χ0n) is 12.3. The van der Waals surface area contributed by atoms with Crippen LogP contribution in [0.2, 0.25) is 0 Å². The number of nitrogens with zero attached hydrogens (tertiary/aromatic N) is 1. The molecule has 1 heterocycles. The van der Waals surface area contributed by atoms with Crippen LogP contribution in [0.1, 0.15) is 32.4 Å². The Morgan fingerprint density at radius 3 is 2.81 bits per heavy atom. The summed E-state index contributed by atoms with van der Waals surface area (Å²) in [7, 11) is 0. The topological polar surface area (TPSA) is 55.0 Å². The lowest BCUT2D eigenvalue weighted by molar-refractivity contribution is 0.317. The number of aromatic amines is 1. The summed E-state index contributed by atoms with van der Waals surface area (Å²) < 4.78 is 6.14. The lowest BCUT2D eigenvalue weighted by Crippen LogP contribution is -2.13. The zero-order chi connectivity index (χ0) is 15.2. The van der Waals surface area contributed by atoms with Crippen molar-refractivity contribution < 1.29 is 4.74 Å². The van der Waals surface area contributed by atoms with Gasteiger partial charge >= 0.3 is 0 Å². The molecule has 0 saturated heterocycles. The maximum Gasteiger partial charge on any atom is 0.265 e. The van der Waals surface area contributed by atoms with Crippen LogP contribution in [0.3, 0.4) is 0 Å². The van der Waals surface area contributed by atoms with E-state index in [0.717, 1.165) is 36.3 Å². The highest BCUT2D eigenvalue weighted by atomic mass is 79.9. The second kappa shape index (κ2) is 7.41. The molecular weight excluding hydrogens is 332 g/mol. The van der Waals surface area contributed by atoms with Gasteiger partial charge in [0.05, 0.1) is 12.3 Å². The van der Waals surface area contributed by atoms with Crippen molar-refractivity contribution in [3.8, 4) is 17.1 Å². The summed E-state index contributed by atoms with van der Waals surface area (Å²) in [5.74, 6) is 1.37. The molecule has 1 aromatic carbocycles. The summed E-state index contributed by atoms with van der Waals surface area (Å²) in [5, 5.41) is 0. The van der Waals surface area contributed by atoms with Crippen molar-refractivity contribution >= 4 is 15.9 Å². The van der Waals surface area contributed by atoms with E-state index >= 15 is 0 Å². The molecule has 5 heteroatoms. The number of H-pyrrole nitrogens is 1. The number of aromatic nitrogens is 2. The molecule has 2 rings (SSSR count). The Morgan fingerprint density at radius 2 is 2.10 bits per heavy atom. The fraction of sp³-hybridized carbons (Fsp3) is 0.375. The standard InChI is InChI=1S/C16H19BrN2O2/c1-3-6-13-14(17)16(20)19-15(18-13)11-7-5-8-12(10-11)21-9-4-2/h5,7-8,10H,3-4,6,9H2,1-2H3,(H,18,19,20). The highest BCUT2D eigenvalue weighted by molar-refractivity contribution is 9.10. The Balaban J connectivity index is 2.39. The molecule has 0 bridgehead atoms. The predicted molar refractivity (Wildman–Crippen MR) is 87.8 cm³/mol. The van der Waals surface area contributed by atoms with Crippen LogP contribution in [0.15, 0.2) is 33.5 Å². The molecule has 0 atom stereocenters. The van der Waals surface area contributed by atoms with Crippen LogP contribution in [0, 0.1) is 0 Å². The Hall–Kier alpha value is -1.62. The minimum Gasteiger partial charge on any atom is -0.494 e. The van der Waals surface area contributed by atoms with Gasteiger partial charge in [0.15, 0.2) is 0 Å². The van der Waals surface area contributed by atoms with Gasteiger partial charge < -0.3 is 9.72 Å². The Morgan fingerprint density at radius 1 is 1.29 bits per heavy atom. The Kier molecular flexibility index (Phi) is 5.56. The van der Waals surface area contributed by atoms with Crippen molar-refractivity contribution in [3.63, 3.8) is 0 Å². The maximum absolute atomic E-state index is 12.0. The summed E-state index contributed by atoms with van der Waals surface area (Å²) in [4.78, 5) is 19.4. The Bertz CT molecular complexity index is 668. The predicted octanol–water partition coefficient (Wildman–Crippen LogP) is 3.94. The number of nitrogens with one attached hydrogen (secondary N) is 1. The lowest BCUT2D eigenvalue weighted by Gasteiger charge is -2.08. The van der Waals surface area contributed by atoms with Gasteiger partial charge in [-0.2, -0.15) is 0 Å². The molecule has 0 saturated carbocycles. The van der Waals surface area contributed by atoms with Crippen LogP contribution >= 0.6 is 15.9 Å². The second-order valence-electron chi connectivity index (χ2n) is 4.80. The van der Waals surface area contributed by atoms with Crippen LogP contribution in [0.25, 0.3) is 11.4 Å². The molecule has 0 amide bonds. The van der Waals surface area contributed by atoms with Crippen molar-refractivity contribution in [1.29, 1.82) is 0 Å². The van der Waals surface area contributed by atoms with Crippen LogP contribution in [0.4, 0.5) is 0 Å². The summed E-state index contributed by atoms with van der Waals surface area (Å²) >= 11 is 3.31. The normalized spacial score (nSPS) is 10.6. The fourth-order valence-corrected chi connectivity index (χ4v) is 2.38. The van der Waals surface area contributed by atoms with Crippen molar-refractivity contribution in [3.05, 3.63) is 44.8 Å². The average molecular weight is 351 g/mol. The van der Waals surface area contributed by atoms with Gasteiger partial charge in [-0.25, -0.2) is 4.98 Å². The summed E-state index contributed by atoms with van der Waals surface area (Å²) in [6.07, 6.45) is 2.66. The minimum atomic E-state index is -0.150.